The Bertz CT molecular complexity index is 671. The number of aliphatic hydroxyl groups is 1. The van der Waals surface area contributed by atoms with E-state index >= 15 is 0 Å². The van der Waals surface area contributed by atoms with Gasteiger partial charge in [0.2, 0.25) is 5.95 Å². The normalized spacial score (nSPS) is 9.73. The lowest BCUT2D eigenvalue weighted by molar-refractivity contribution is 0.311. The zero-order chi connectivity index (χ0) is 15.2. The highest BCUT2D eigenvalue weighted by Gasteiger charge is 2.13. The topological polar surface area (TPSA) is 99.1 Å². The summed E-state index contributed by atoms with van der Waals surface area (Å²) in [4.78, 5) is 19.0. The number of halogens is 1. The van der Waals surface area contributed by atoms with Crippen molar-refractivity contribution < 1.29 is 5.11 Å². The Labute approximate surface area is 134 Å². The third-order valence-corrected chi connectivity index (χ3v) is 2.63. The Morgan fingerprint density at radius 3 is 2.59 bits per heavy atom. The Morgan fingerprint density at radius 1 is 1.18 bits per heavy atom. The zero-order valence-corrected chi connectivity index (χ0v) is 13.2. The number of hydrogen-bond acceptors (Lipinski definition) is 8. The number of anilines is 3. The Kier molecular flexibility index (Phi) is 6.56. The van der Waals surface area contributed by atoms with Crippen molar-refractivity contribution in [1.82, 2.24) is 19.9 Å². The van der Waals surface area contributed by atoms with Crippen LogP contribution in [0.25, 0.3) is 11.0 Å². The second-order valence-corrected chi connectivity index (χ2v) is 4.39. The number of hydrogen-bond donors (Lipinski definition) is 3. The second kappa shape index (κ2) is 8.17. The first-order valence-corrected chi connectivity index (χ1v) is 6.39. The van der Waals surface area contributed by atoms with Gasteiger partial charge in [-0.2, -0.15) is 4.98 Å². The molecule has 0 radical (unpaired) electrons. The first kappa shape index (κ1) is 17.7. The molecule has 0 aliphatic heterocycles. The fourth-order valence-electron chi connectivity index (χ4n) is 1.70. The standard InChI is InChI=1S/C13H17N7O.ClH/c1-4-5-14-12-9-10(18-13(19-12)20(2)3)11(15-6-7-21)17-8-16-9;/h1,8,21H,5-7H2,2-3H3,(H,14,18,19)(H,15,16,17);1H. The van der Waals surface area contributed by atoms with Gasteiger partial charge in [0.15, 0.2) is 11.6 Å². The lowest BCUT2D eigenvalue weighted by Crippen LogP contribution is -2.16. The Hall–Kier alpha value is -2.37. The number of terminal acetylenes is 1. The minimum Gasteiger partial charge on any atom is -0.395 e. The van der Waals surface area contributed by atoms with Crippen LogP contribution >= 0.6 is 12.4 Å². The van der Waals surface area contributed by atoms with Gasteiger partial charge in [-0.3, -0.25) is 0 Å². The molecule has 118 valence electrons. The van der Waals surface area contributed by atoms with Crippen LogP contribution in [0.15, 0.2) is 6.33 Å². The van der Waals surface area contributed by atoms with Crippen molar-refractivity contribution in [3.8, 4) is 12.3 Å². The summed E-state index contributed by atoms with van der Waals surface area (Å²) in [5, 5.41) is 15.0. The monoisotopic (exact) mass is 323 g/mol. The molecular formula is C13H18ClN7O. The first-order valence-electron chi connectivity index (χ1n) is 6.39. The van der Waals surface area contributed by atoms with Crippen LogP contribution in [0.1, 0.15) is 0 Å². The summed E-state index contributed by atoms with van der Waals surface area (Å²) >= 11 is 0. The van der Waals surface area contributed by atoms with Gasteiger partial charge in [0.1, 0.15) is 17.4 Å². The summed E-state index contributed by atoms with van der Waals surface area (Å²) in [6.07, 6.45) is 6.69. The van der Waals surface area contributed by atoms with Crippen molar-refractivity contribution in [3.63, 3.8) is 0 Å². The van der Waals surface area contributed by atoms with Crippen LogP contribution in [0.2, 0.25) is 0 Å². The highest BCUT2D eigenvalue weighted by molar-refractivity contribution is 5.93. The quantitative estimate of drug-likeness (QED) is 0.655. The Balaban J connectivity index is 0.00000242. The van der Waals surface area contributed by atoms with Crippen LogP contribution < -0.4 is 15.5 Å². The third-order valence-electron chi connectivity index (χ3n) is 2.63. The molecule has 8 nitrogen and oxygen atoms in total. The first-order chi connectivity index (χ1) is 10.2. The molecule has 0 aliphatic carbocycles. The summed E-state index contributed by atoms with van der Waals surface area (Å²) < 4.78 is 0. The van der Waals surface area contributed by atoms with E-state index in [1.165, 1.54) is 6.33 Å². The molecule has 2 rings (SSSR count). The predicted octanol–water partition coefficient (Wildman–Crippen LogP) is 0.357. The fraction of sp³-hybridized carbons (Fsp3) is 0.385. The molecule has 0 amide bonds. The molecule has 3 N–H and O–H groups in total. The van der Waals surface area contributed by atoms with Gasteiger partial charge in [-0.25, -0.2) is 15.0 Å². The van der Waals surface area contributed by atoms with E-state index in [2.05, 4.69) is 36.5 Å². The van der Waals surface area contributed by atoms with Gasteiger partial charge in [0.25, 0.3) is 0 Å². The van der Waals surface area contributed by atoms with Crippen molar-refractivity contribution in [2.45, 2.75) is 0 Å². The lowest BCUT2D eigenvalue weighted by atomic mass is 10.3. The van der Waals surface area contributed by atoms with E-state index < -0.39 is 0 Å². The van der Waals surface area contributed by atoms with Gasteiger partial charge in [-0.15, -0.1) is 18.8 Å². The molecule has 22 heavy (non-hydrogen) atoms. The predicted molar refractivity (Wildman–Crippen MR) is 89.6 cm³/mol. The van der Waals surface area contributed by atoms with Crippen molar-refractivity contribution in [3.05, 3.63) is 6.33 Å². The number of aliphatic hydroxyl groups excluding tert-OH is 1. The van der Waals surface area contributed by atoms with Crippen molar-refractivity contribution in [2.75, 3.05) is 49.3 Å². The molecule has 9 heteroatoms. The van der Waals surface area contributed by atoms with Gasteiger partial charge >= 0.3 is 0 Å². The molecule has 0 bridgehead atoms. The number of fused-ring (bicyclic) bond motifs is 1. The second-order valence-electron chi connectivity index (χ2n) is 4.39. The highest BCUT2D eigenvalue weighted by atomic mass is 35.5. The van der Waals surface area contributed by atoms with E-state index in [0.717, 1.165) is 0 Å². The molecule has 2 aromatic rings. The molecule has 0 aromatic carbocycles. The van der Waals surface area contributed by atoms with Crippen LogP contribution in [-0.2, 0) is 0 Å². The zero-order valence-electron chi connectivity index (χ0n) is 12.4. The molecule has 2 aromatic heterocycles. The highest BCUT2D eigenvalue weighted by Crippen LogP contribution is 2.24. The maximum atomic E-state index is 8.93. The van der Waals surface area contributed by atoms with Crippen molar-refractivity contribution in [2.24, 2.45) is 0 Å². The van der Waals surface area contributed by atoms with Gasteiger partial charge < -0.3 is 20.6 Å². The molecule has 0 saturated carbocycles. The summed E-state index contributed by atoms with van der Waals surface area (Å²) in [5.74, 6) is 4.12. The van der Waals surface area contributed by atoms with Crippen molar-refractivity contribution in [1.29, 1.82) is 0 Å². The van der Waals surface area contributed by atoms with E-state index in [4.69, 9.17) is 11.5 Å². The van der Waals surface area contributed by atoms with Crippen LogP contribution in [-0.4, -0.2) is 58.8 Å². The average molecular weight is 324 g/mol. The SMILES string of the molecule is C#CCNc1nc(N(C)C)nc2c(NCCO)ncnc12.Cl. The minimum absolute atomic E-state index is 0. The molecule has 0 spiro atoms. The van der Waals surface area contributed by atoms with E-state index in [-0.39, 0.29) is 19.0 Å². The molecule has 0 atom stereocenters. The van der Waals surface area contributed by atoms with Crippen molar-refractivity contribution >= 4 is 41.0 Å². The number of nitrogens with one attached hydrogen (secondary N) is 2. The molecule has 0 unspecified atom stereocenters. The number of nitrogens with zero attached hydrogens (tertiary/aromatic N) is 5. The maximum Gasteiger partial charge on any atom is 0.227 e. The summed E-state index contributed by atoms with van der Waals surface area (Å²) in [5.41, 5.74) is 1.15. The van der Waals surface area contributed by atoms with Gasteiger partial charge in [-0.1, -0.05) is 5.92 Å². The maximum absolute atomic E-state index is 8.93. The van der Waals surface area contributed by atoms with E-state index in [0.29, 0.717) is 41.7 Å². The average Bonchev–Trinajstić information content (AvgIpc) is 2.50. The van der Waals surface area contributed by atoms with Crippen LogP contribution in [0.5, 0.6) is 0 Å². The molecule has 0 aliphatic rings. The summed E-state index contributed by atoms with van der Waals surface area (Å²) in [6.45, 7) is 0.711. The minimum atomic E-state index is -0.000676. The van der Waals surface area contributed by atoms with Gasteiger partial charge in [0.05, 0.1) is 13.2 Å². The number of aromatic nitrogens is 4. The van der Waals surface area contributed by atoms with Crippen LogP contribution in [0.3, 0.4) is 0 Å². The molecule has 2 heterocycles. The van der Waals surface area contributed by atoms with E-state index in [1.54, 1.807) is 4.90 Å². The van der Waals surface area contributed by atoms with Gasteiger partial charge in [-0.05, 0) is 0 Å². The largest absolute Gasteiger partial charge is 0.395 e. The number of rotatable bonds is 6. The molecule has 0 fully saturated rings. The van der Waals surface area contributed by atoms with E-state index in [1.807, 2.05) is 14.1 Å². The summed E-state index contributed by atoms with van der Waals surface area (Å²) in [6, 6.07) is 0. The molecule has 0 saturated heterocycles. The smallest absolute Gasteiger partial charge is 0.227 e. The van der Waals surface area contributed by atoms with Crippen LogP contribution in [0.4, 0.5) is 17.6 Å². The van der Waals surface area contributed by atoms with E-state index in [9.17, 15) is 0 Å². The Morgan fingerprint density at radius 2 is 1.95 bits per heavy atom. The summed E-state index contributed by atoms with van der Waals surface area (Å²) in [7, 11) is 3.69. The third kappa shape index (κ3) is 3.84. The fourth-order valence-corrected chi connectivity index (χ4v) is 1.70. The lowest BCUT2D eigenvalue weighted by Gasteiger charge is -2.15. The van der Waals surface area contributed by atoms with Gasteiger partial charge in [0, 0.05) is 20.6 Å². The van der Waals surface area contributed by atoms with Crippen LogP contribution in [0, 0.1) is 12.3 Å². The molecular weight excluding hydrogens is 306 g/mol.